The summed E-state index contributed by atoms with van der Waals surface area (Å²) in [4.78, 5) is 29.8. The van der Waals surface area contributed by atoms with E-state index in [-0.39, 0.29) is 11.2 Å². The zero-order valence-electron chi connectivity index (χ0n) is 13.8. The fourth-order valence-corrected chi connectivity index (χ4v) is 2.69. The average Bonchev–Trinajstić information content (AvgIpc) is 2.76. The van der Waals surface area contributed by atoms with Gasteiger partial charge in [0, 0.05) is 26.6 Å². The highest BCUT2D eigenvalue weighted by atomic mass is 16.2. The van der Waals surface area contributed by atoms with Crippen LogP contribution in [-0.2, 0) is 26.6 Å². The van der Waals surface area contributed by atoms with E-state index >= 15 is 0 Å². The van der Waals surface area contributed by atoms with Crippen LogP contribution in [-0.4, -0.2) is 25.2 Å². The number of hydrogen-bond acceptors (Lipinski definition) is 4. The largest absolute Gasteiger partial charge is 0.332 e. The van der Waals surface area contributed by atoms with Crippen molar-refractivity contribution in [2.75, 3.05) is 6.54 Å². The van der Waals surface area contributed by atoms with Gasteiger partial charge < -0.3 is 10.3 Å². The number of nitrogens with two attached hydrogens (primary N) is 1. The minimum atomic E-state index is -0.303. The van der Waals surface area contributed by atoms with Gasteiger partial charge in [0.1, 0.15) is 5.82 Å². The molecule has 0 spiro atoms. The molecule has 0 aliphatic rings. The monoisotopic (exact) mass is 307 g/mol. The molecule has 0 aromatic carbocycles. The van der Waals surface area contributed by atoms with Gasteiger partial charge in [-0.05, 0) is 25.8 Å². The van der Waals surface area contributed by atoms with E-state index in [0.717, 1.165) is 12.2 Å². The van der Waals surface area contributed by atoms with Crippen LogP contribution in [0.1, 0.15) is 33.0 Å². The second kappa shape index (κ2) is 6.48. The molecule has 2 aromatic heterocycles. The van der Waals surface area contributed by atoms with Gasteiger partial charge in [-0.15, -0.1) is 0 Å². The lowest BCUT2D eigenvalue weighted by Crippen LogP contribution is -2.40. The lowest BCUT2D eigenvalue weighted by atomic mass is 10.1. The Kier molecular flexibility index (Phi) is 4.85. The molecule has 0 aliphatic carbocycles. The van der Waals surface area contributed by atoms with E-state index in [1.54, 1.807) is 4.57 Å². The van der Waals surface area contributed by atoms with Crippen molar-refractivity contribution in [2.45, 2.75) is 46.7 Å². The number of imidazole rings is 1. The summed E-state index contributed by atoms with van der Waals surface area (Å²) < 4.78 is 4.67. The summed E-state index contributed by atoms with van der Waals surface area (Å²) in [6.45, 7) is 7.36. The van der Waals surface area contributed by atoms with E-state index in [4.69, 9.17) is 5.73 Å². The first-order valence-electron chi connectivity index (χ1n) is 7.81. The molecule has 0 bridgehead atoms. The Morgan fingerprint density at radius 1 is 1.23 bits per heavy atom. The molecule has 0 saturated carbocycles. The summed E-state index contributed by atoms with van der Waals surface area (Å²) in [5.41, 5.74) is 5.91. The molecule has 0 radical (unpaired) electrons. The summed E-state index contributed by atoms with van der Waals surface area (Å²) >= 11 is 0. The van der Waals surface area contributed by atoms with Crippen LogP contribution in [0.2, 0.25) is 0 Å². The molecule has 0 fully saturated rings. The molecule has 22 heavy (non-hydrogen) atoms. The first-order valence-corrected chi connectivity index (χ1v) is 7.81. The molecule has 0 atom stereocenters. The molecule has 2 rings (SSSR count). The third-order valence-electron chi connectivity index (χ3n) is 3.83. The van der Waals surface area contributed by atoms with Crippen molar-refractivity contribution < 1.29 is 0 Å². The highest BCUT2D eigenvalue weighted by Gasteiger charge is 2.19. The number of fused-ring (bicyclic) bond motifs is 1. The highest BCUT2D eigenvalue weighted by molar-refractivity contribution is 5.71. The zero-order valence-corrected chi connectivity index (χ0v) is 13.8. The highest BCUT2D eigenvalue weighted by Crippen LogP contribution is 2.13. The average molecular weight is 307 g/mol. The molecule has 0 unspecified atom stereocenters. The Labute approximate surface area is 129 Å². The van der Waals surface area contributed by atoms with E-state index in [2.05, 4.69) is 18.8 Å². The Bertz CT molecular complexity index is 782. The van der Waals surface area contributed by atoms with Gasteiger partial charge in [-0.1, -0.05) is 13.8 Å². The van der Waals surface area contributed by atoms with Crippen LogP contribution in [0.5, 0.6) is 0 Å². The van der Waals surface area contributed by atoms with Gasteiger partial charge in [-0.25, -0.2) is 9.78 Å². The molecular weight excluding hydrogens is 282 g/mol. The van der Waals surface area contributed by atoms with Crippen molar-refractivity contribution in [1.82, 2.24) is 18.7 Å². The first-order chi connectivity index (χ1) is 10.4. The molecule has 0 saturated heterocycles. The first kappa shape index (κ1) is 16.5. The van der Waals surface area contributed by atoms with Gasteiger partial charge in [0.05, 0.1) is 0 Å². The minimum absolute atomic E-state index is 0.275. The van der Waals surface area contributed by atoms with E-state index in [9.17, 15) is 9.59 Å². The molecule has 2 N–H and O–H groups in total. The predicted molar refractivity (Wildman–Crippen MR) is 87.1 cm³/mol. The minimum Gasteiger partial charge on any atom is -0.330 e. The number of nitrogens with zero attached hydrogens (tertiary/aromatic N) is 4. The van der Waals surface area contributed by atoms with Gasteiger partial charge in [-0.2, -0.15) is 0 Å². The van der Waals surface area contributed by atoms with Gasteiger partial charge in [-0.3, -0.25) is 13.9 Å². The number of hydrogen-bond donors (Lipinski definition) is 1. The summed E-state index contributed by atoms with van der Waals surface area (Å²) in [5, 5.41) is 0. The van der Waals surface area contributed by atoms with Crippen molar-refractivity contribution in [1.29, 1.82) is 0 Å². The van der Waals surface area contributed by atoms with E-state index < -0.39 is 0 Å². The smallest absolute Gasteiger partial charge is 0.330 e. The van der Waals surface area contributed by atoms with Crippen LogP contribution >= 0.6 is 0 Å². The van der Waals surface area contributed by atoms with Crippen LogP contribution in [0.4, 0.5) is 0 Å². The van der Waals surface area contributed by atoms with Crippen LogP contribution in [0.25, 0.3) is 11.2 Å². The van der Waals surface area contributed by atoms with Gasteiger partial charge in [0.25, 0.3) is 5.56 Å². The third-order valence-corrected chi connectivity index (χ3v) is 3.83. The molecule has 122 valence electrons. The van der Waals surface area contributed by atoms with Crippen molar-refractivity contribution in [3.05, 3.63) is 26.7 Å². The maximum Gasteiger partial charge on any atom is 0.332 e. The Hall–Kier alpha value is -1.89. The Morgan fingerprint density at radius 2 is 1.91 bits per heavy atom. The second-order valence-corrected chi connectivity index (χ2v) is 5.98. The maximum absolute atomic E-state index is 12.7. The SMILES string of the molecule is CCn1c(=O)n(CCCN)c(=O)c2c1nc(CC(C)C)n2C. The molecule has 2 aromatic rings. The maximum atomic E-state index is 12.7. The van der Waals surface area contributed by atoms with Crippen molar-refractivity contribution in [3.63, 3.8) is 0 Å². The van der Waals surface area contributed by atoms with Crippen LogP contribution in [0.3, 0.4) is 0 Å². The number of aromatic nitrogens is 4. The van der Waals surface area contributed by atoms with Gasteiger partial charge >= 0.3 is 5.69 Å². The summed E-state index contributed by atoms with van der Waals surface area (Å²) in [7, 11) is 1.84. The fraction of sp³-hybridized carbons (Fsp3) is 0.667. The molecular formula is C15H25N5O2. The predicted octanol–water partition coefficient (Wildman–Crippen LogP) is 0.464. The van der Waals surface area contributed by atoms with Crippen LogP contribution < -0.4 is 17.0 Å². The summed E-state index contributed by atoms with van der Waals surface area (Å²) in [5.74, 6) is 1.26. The number of rotatable bonds is 6. The van der Waals surface area contributed by atoms with Gasteiger partial charge in [0.2, 0.25) is 0 Å². The Morgan fingerprint density at radius 3 is 2.45 bits per heavy atom. The van der Waals surface area contributed by atoms with E-state index in [0.29, 0.717) is 43.1 Å². The molecule has 7 heteroatoms. The van der Waals surface area contributed by atoms with Crippen LogP contribution in [0.15, 0.2) is 9.59 Å². The van der Waals surface area contributed by atoms with Crippen molar-refractivity contribution in [3.8, 4) is 0 Å². The lowest BCUT2D eigenvalue weighted by molar-refractivity contribution is 0.560. The standard InChI is InChI=1S/C15H25N5O2/c1-5-19-13-12(18(4)11(17-13)9-10(2)3)14(21)20(15(19)22)8-6-7-16/h10H,5-9,16H2,1-4H3. The fourth-order valence-electron chi connectivity index (χ4n) is 2.69. The summed E-state index contributed by atoms with van der Waals surface area (Å²) in [6.07, 6.45) is 1.37. The normalized spacial score (nSPS) is 11.7. The van der Waals surface area contributed by atoms with Crippen molar-refractivity contribution in [2.24, 2.45) is 18.7 Å². The summed E-state index contributed by atoms with van der Waals surface area (Å²) in [6, 6.07) is 0. The third kappa shape index (κ3) is 2.72. The topological polar surface area (TPSA) is 87.8 Å². The molecule has 2 heterocycles. The quantitative estimate of drug-likeness (QED) is 0.840. The second-order valence-electron chi connectivity index (χ2n) is 5.98. The van der Waals surface area contributed by atoms with E-state index in [1.807, 2.05) is 18.5 Å². The zero-order chi connectivity index (χ0) is 16.4. The lowest BCUT2D eigenvalue weighted by Gasteiger charge is -2.09. The Balaban J connectivity index is 2.78. The molecule has 0 amide bonds. The van der Waals surface area contributed by atoms with Crippen LogP contribution in [0, 0.1) is 5.92 Å². The van der Waals surface area contributed by atoms with Gasteiger partial charge in [0.15, 0.2) is 11.2 Å². The van der Waals surface area contributed by atoms with Crippen molar-refractivity contribution >= 4 is 11.2 Å². The number of aryl methyl sites for hydroxylation is 2. The molecule has 0 aliphatic heterocycles. The van der Waals surface area contributed by atoms with E-state index in [1.165, 1.54) is 4.57 Å². The molecule has 7 nitrogen and oxygen atoms in total.